The number of ether oxygens (including phenoxy) is 3. The van der Waals surface area contributed by atoms with Crippen LogP contribution in [0.2, 0.25) is 5.02 Å². The van der Waals surface area contributed by atoms with Gasteiger partial charge in [0.15, 0.2) is 16.6 Å². The summed E-state index contributed by atoms with van der Waals surface area (Å²) in [6, 6.07) is 15.0. The fraction of sp³-hybridized carbons (Fsp3) is 0.324. The van der Waals surface area contributed by atoms with E-state index in [-0.39, 0.29) is 17.4 Å². The SMILES string of the molecule is CCOc1cc([C@@H]2C(=C(O)c3ccc4c(c3)C[C@@H](C)O4)C(=O)C(=O)N2c2nc3ccc(Cl)cc3s2)ccc1OCCC(C)C. The third kappa shape index (κ3) is 5.62. The van der Waals surface area contributed by atoms with Gasteiger partial charge in [0.05, 0.1) is 35.0 Å². The van der Waals surface area contributed by atoms with Crippen molar-refractivity contribution in [2.75, 3.05) is 18.1 Å². The van der Waals surface area contributed by atoms with E-state index in [4.69, 9.17) is 25.8 Å². The Balaban J connectivity index is 1.50. The number of nitrogens with zero attached hydrogens (tertiary/aromatic N) is 2. The third-order valence-electron chi connectivity index (χ3n) is 7.70. The minimum absolute atomic E-state index is 0.0128. The van der Waals surface area contributed by atoms with Crippen LogP contribution in [0.25, 0.3) is 16.0 Å². The number of hydrogen-bond acceptors (Lipinski definition) is 8. The van der Waals surface area contributed by atoms with Gasteiger partial charge in [-0.05, 0) is 85.8 Å². The fourth-order valence-electron chi connectivity index (χ4n) is 5.55. The van der Waals surface area contributed by atoms with E-state index in [9.17, 15) is 14.7 Å². The number of aliphatic hydroxyl groups excluding tert-OH is 1. The summed E-state index contributed by atoms with van der Waals surface area (Å²) in [6.45, 7) is 9.01. The van der Waals surface area contributed by atoms with Crippen LogP contribution in [0.3, 0.4) is 0 Å². The van der Waals surface area contributed by atoms with Gasteiger partial charge in [-0.25, -0.2) is 4.98 Å². The van der Waals surface area contributed by atoms with Gasteiger partial charge in [-0.1, -0.05) is 42.9 Å². The maximum Gasteiger partial charge on any atom is 0.301 e. The van der Waals surface area contributed by atoms with E-state index in [0.29, 0.717) is 63.8 Å². The van der Waals surface area contributed by atoms with Gasteiger partial charge in [-0.2, -0.15) is 0 Å². The summed E-state index contributed by atoms with van der Waals surface area (Å²) in [5, 5.41) is 12.6. The summed E-state index contributed by atoms with van der Waals surface area (Å²) >= 11 is 7.48. The average molecular weight is 633 g/mol. The van der Waals surface area contributed by atoms with E-state index < -0.39 is 17.7 Å². The number of aliphatic hydroxyl groups is 1. The molecule has 1 saturated heterocycles. The van der Waals surface area contributed by atoms with Crippen LogP contribution < -0.4 is 19.1 Å². The van der Waals surface area contributed by atoms with E-state index in [1.54, 1.807) is 48.5 Å². The summed E-state index contributed by atoms with van der Waals surface area (Å²) < 4.78 is 18.6. The van der Waals surface area contributed by atoms with Gasteiger partial charge >= 0.3 is 5.91 Å². The molecule has 2 aliphatic heterocycles. The lowest BCUT2D eigenvalue weighted by molar-refractivity contribution is -0.132. The molecule has 4 aromatic rings. The van der Waals surface area contributed by atoms with Crippen LogP contribution in [-0.2, 0) is 16.0 Å². The Hall–Kier alpha value is -4.08. The number of hydrogen-bond donors (Lipinski definition) is 1. The maximum atomic E-state index is 13.8. The van der Waals surface area contributed by atoms with Crippen LogP contribution in [0.5, 0.6) is 17.2 Å². The van der Waals surface area contributed by atoms with Crippen molar-refractivity contribution in [3.63, 3.8) is 0 Å². The lowest BCUT2D eigenvalue weighted by Gasteiger charge is -2.24. The lowest BCUT2D eigenvalue weighted by atomic mass is 9.94. The van der Waals surface area contributed by atoms with Crippen LogP contribution in [0, 0.1) is 5.92 Å². The molecule has 0 unspecified atom stereocenters. The predicted molar refractivity (Wildman–Crippen MR) is 172 cm³/mol. The van der Waals surface area contributed by atoms with E-state index in [0.717, 1.165) is 22.4 Å². The zero-order chi connectivity index (χ0) is 31.1. The number of carbonyl (C=O) groups excluding carboxylic acids is 2. The molecule has 1 amide bonds. The number of thiazole rings is 1. The van der Waals surface area contributed by atoms with Crippen LogP contribution >= 0.6 is 22.9 Å². The summed E-state index contributed by atoms with van der Waals surface area (Å²) in [4.78, 5) is 33.6. The Bertz CT molecular complexity index is 1800. The minimum Gasteiger partial charge on any atom is -0.507 e. The standard InChI is InChI=1S/C34H33ClN2O6S/c1-5-41-27-16-20(6-11-26(27)42-13-12-18(2)3)30-29(31(38)21-7-10-25-22(15-21)14-19(4)43-25)32(39)33(40)37(30)34-36-24-9-8-23(35)17-28(24)44-34/h6-11,15-19,30,38H,5,12-14H2,1-4H3/t19-,30-/m1/s1. The number of amides is 1. The highest BCUT2D eigenvalue weighted by Gasteiger charge is 2.48. The largest absolute Gasteiger partial charge is 0.507 e. The molecule has 1 fully saturated rings. The van der Waals surface area contributed by atoms with Crippen molar-refractivity contribution >= 4 is 55.7 Å². The van der Waals surface area contributed by atoms with Gasteiger partial charge in [-0.3, -0.25) is 14.5 Å². The topological polar surface area (TPSA) is 98.2 Å². The minimum atomic E-state index is -0.974. The first-order valence-electron chi connectivity index (χ1n) is 14.7. The molecule has 0 aliphatic carbocycles. The first-order chi connectivity index (χ1) is 21.1. The molecule has 0 saturated carbocycles. The highest BCUT2D eigenvalue weighted by molar-refractivity contribution is 7.22. The third-order valence-corrected chi connectivity index (χ3v) is 8.95. The monoisotopic (exact) mass is 632 g/mol. The molecular weight excluding hydrogens is 600 g/mol. The number of fused-ring (bicyclic) bond motifs is 2. The molecule has 0 spiro atoms. The number of ketones is 1. The predicted octanol–water partition coefficient (Wildman–Crippen LogP) is 7.72. The van der Waals surface area contributed by atoms with E-state index in [1.165, 1.54) is 16.2 Å². The van der Waals surface area contributed by atoms with Crippen molar-refractivity contribution < 1.29 is 28.9 Å². The number of anilines is 1. The average Bonchev–Trinajstić information content (AvgIpc) is 3.65. The normalized spacial score (nSPS) is 19.1. The van der Waals surface area contributed by atoms with Crippen LogP contribution in [0.1, 0.15) is 56.8 Å². The molecule has 3 aromatic carbocycles. The summed E-state index contributed by atoms with van der Waals surface area (Å²) in [6.07, 6.45) is 1.57. The van der Waals surface area contributed by atoms with Crippen molar-refractivity contribution in [2.24, 2.45) is 5.92 Å². The van der Waals surface area contributed by atoms with Gasteiger partial charge in [0.25, 0.3) is 5.78 Å². The Morgan fingerprint density at radius 3 is 2.70 bits per heavy atom. The van der Waals surface area contributed by atoms with Crippen molar-refractivity contribution in [1.29, 1.82) is 0 Å². The molecule has 2 atom stereocenters. The number of carbonyl (C=O) groups is 2. The Labute approximate surface area is 264 Å². The summed E-state index contributed by atoms with van der Waals surface area (Å²) in [5.74, 6) is 0.420. The van der Waals surface area contributed by atoms with Crippen LogP contribution in [0.15, 0.2) is 60.2 Å². The smallest absolute Gasteiger partial charge is 0.301 e. The molecule has 44 heavy (non-hydrogen) atoms. The number of Topliss-reactive ketones (excluding diaryl/α,β-unsaturated/α-hetero) is 1. The number of halogens is 1. The molecule has 0 radical (unpaired) electrons. The molecule has 8 nitrogen and oxygen atoms in total. The quantitative estimate of drug-likeness (QED) is 0.115. The van der Waals surface area contributed by atoms with Crippen LogP contribution in [0.4, 0.5) is 5.13 Å². The second kappa shape index (κ2) is 12.1. The van der Waals surface area contributed by atoms with E-state index >= 15 is 0 Å². The molecule has 2 aliphatic rings. The zero-order valence-corrected chi connectivity index (χ0v) is 26.5. The van der Waals surface area contributed by atoms with Gasteiger partial charge in [-0.15, -0.1) is 0 Å². The van der Waals surface area contributed by atoms with Crippen LogP contribution in [-0.4, -0.2) is 41.1 Å². The van der Waals surface area contributed by atoms with Gasteiger partial charge in [0, 0.05) is 17.0 Å². The highest BCUT2D eigenvalue weighted by Crippen LogP contribution is 2.46. The summed E-state index contributed by atoms with van der Waals surface area (Å²) in [5.41, 5.74) is 2.54. The first kappa shape index (κ1) is 30.0. The number of benzene rings is 3. The molecule has 228 valence electrons. The van der Waals surface area contributed by atoms with Crippen molar-refractivity contribution in [3.05, 3.63) is 81.9 Å². The number of aromatic nitrogens is 1. The molecular formula is C34H33ClN2O6S. The Morgan fingerprint density at radius 2 is 1.93 bits per heavy atom. The number of rotatable bonds is 9. The molecule has 1 N–H and O–H groups in total. The second-order valence-corrected chi connectivity index (χ2v) is 12.8. The maximum absolute atomic E-state index is 13.8. The Morgan fingerprint density at radius 1 is 1.11 bits per heavy atom. The van der Waals surface area contributed by atoms with Gasteiger partial charge in [0.1, 0.15) is 17.6 Å². The van der Waals surface area contributed by atoms with Gasteiger partial charge in [0.2, 0.25) is 0 Å². The molecule has 3 heterocycles. The van der Waals surface area contributed by atoms with Crippen molar-refractivity contribution in [1.82, 2.24) is 4.98 Å². The molecule has 1 aromatic heterocycles. The fourth-order valence-corrected chi connectivity index (χ4v) is 6.81. The van der Waals surface area contributed by atoms with Gasteiger partial charge < -0.3 is 19.3 Å². The Kier molecular flexibility index (Phi) is 8.26. The highest BCUT2D eigenvalue weighted by atomic mass is 35.5. The van der Waals surface area contributed by atoms with E-state index in [1.807, 2.05) is 19.9 Å². The van der Waals surface area contributed by atoms with Crippen molar-refractivity contribution in [3.8, 4) is 17.2 Å². The molecule has 0 bridgehead atoms. The molecule has 6 rings (SSSR count). The zero-order valence-electron chi connectivity index (χ0n) is 24.9. The van der Waals surface area contributed by atoms with E-state index in [2.05, 4.69) is 18.8 Å². The lowest BCUT2D eigenvalue weighted by Crippen LogP contribution is -2.29. The summed E-state index contributed by atoms with van der Waals surface area (Å²) in [7, 11) is 0. The first-order valence-corrected chi connectivity index (χ1v) is 15.9. The second-order valence-electron chi connectivity index (χ2n) is 11.4. The molecule has 10 heteroatoms. The van der Waals surface area contributed by atoms with Crippen molar-refractivity contribution in [2.45, 2.75) is 52.7 Å².